The number of amides is 1. The molecule has 0 aliphatic carbocycles. The summed E-state index contributed by atoms with van der Waals surface area (Å²) in [6.07, 6.45) is 0.777. The van der Waals surface area contributed by atoms with Crippen LogP contribution in [-0.2, 0) is 6.42 Å². The summed E-state index contributed by atoms with van der Waals surface area (Å²) in [5.74, 6) is -2.24. The second-order valence-electron chi connectivity index (χ2n) is 4.33. The first-order chi connectivity index (χ1) is 9.86. The molecule has 0 unspecified atom stereocenters. The van der Waals surface area contributed by atoms with Gasteiger partial charge in [-0.15, -0.1) is 0 Å². The van der Waals surface area contributed by atoms with E-state index >= 15 is 0 Å². The van der Waals surface area contributed by atoms with E-state index in [-0.39, 0.29) is 17.1 Å². The van der Waals surface area contributed by atoms with Crippen LogP contribution < -0.4 is 11.5 Å². The first-order valence-corrected chi connectivity index (χ1v) is 6.45. The molecule has 2 rings (SSSR count). The van der Waals surface area contributed by atoms with E-state index < -0.39 is 11.9 Å². The highest BCUT2D eigenvalue weighted by Crippen LogP contribution is 2.27. The molecule has 1 amide bonds. The van der Waals surface area contributed by atoms with Crippen molar-refractivity contribution in [3.05, 3.63) is 40.2 Å². The SMILES string of the molecule is CCc1ccc(-n2nc(C(N)=O)c(N)c2C(=O)O)c(Cl)c1. The van der Waals surface area contributed by atoms with Gasteiger partial charge in [-0.2, -0.15) is 5.10 Å². The van der Waals surface area contributed by atoms with E-state index in [0.717, 1.165) is 16.7 Å². The number of aryl methyl sites for hydroxylation is 1. The van der Waals surface area contributed by atoms with Crippen molar-refractivity contribution in [2.45, 2.75) is 13.3 Å². The van der Waals surface area contributed by atoms with Gasteiger partial charge in [0, 0.05) is 0 Å². The number of primary amides is 1. The molecule has 7 nitrogen and oxygen atoms in total. The molecule has 0 atom stereocenters. The fraction of sp³-hybridized carbons (Fsp3) is 0.154. The van der Waals surface area contributed by atoms with Crippen molar-refractivity contribution in [2.24, 2.45) is 5.73 Å². The van der Waals surface area contributed by atoms with Crippen molar-refractivity contribution in [3.63, 3.8) is 0 Å². The van der Waals surface area contributed by atoms with E-state index in [1.807, 2.05) is 6.92 Å². The molecule has 0 spiro atoms. The number of hydrogen-bond acceptors (Lipinski definition) is 4. The summed E-state index contributed by atoms with van der Waals surface area (Å²) in [5.41, 5.74) is 11.1. The molecule has 0 saturated heterocycles. The van der Waals surface area contributed by atoms with E-state index in [1.54, 1.807) is 18.2 Å². The minimum Gasteiger partial charge on any atom is -0.476 e. The molecule has 1 aromatic carbocycles. The number of carboxylic acids is 1. The molecule has 2 aromatic rings. The monoisotopic (exact) mass is 308 g/mol. The minimum absolute atomic E-state index is 0.286. The molecule has 0 saturated carbocycles. The highest BCUT2D eigenvalue weighted by atomic mass is 35.5. The lowest BCUT2D eigenvalue weighted by Gasteiger charge is -2.08. The highest BCUT2D eigenvalue weighted by molar-refractivity contribution is 6.32. The van der Waals surface area contributed by atoms with Crippen LogP contribution >= 0.6 is 11.6 Å². The lowest BCUT2D eigenvalue weighted by molar-refractivity contribution is 0.0688. The average Bonchev–Trinajstić information content (AvgIpc) is 2.76. The quantitative estimate of drug-likeness (QED) is 0.788. The number of carbonyl (C=O) groups is 2. The highest BCUT2D eigenvalue weighted by Gasteiger charge is 2.25. The zero-order valence-electron chi connectivity index (χ0n) is 11.1. The third-order valence-corrected chi connectivity index (χ3v) is 3.31. The Hall–Kier alpha value is -2.54. The molecule has 110 valence electrons. The number of nitrogen functional groups attached to an aromatic ring is 1. The van der Waals surface area contributed by atoms with Crippen molar-refractivity contribution in [3.8, 4) is 5.69 Å². The first-order valence-electron chi connectivity index (χ1n) is 6.07. The minimum atomic E-state index is -1.33. The number of anilines is 1. The van der Waals surface area contributed by atoms with Gasteiger partial charge in [0.1, 0.15) is 0 Å². The van der Waals surface area contributed by atoms with E-state index in [1.165, 1.54) is 0 Å². The van der Waals surface area contributed by atoms with Gasteiger partial charge in [-0.1, -0.05) is 24.6 Å². The van der Waals surface area contributed by atoms with Crippen LogP contribution in [0.25, 0.3) is 5.69 Å². The normalized spacial score (nSPS) is 10.6. The molecule has 1 aromatic heterocycles. The van der Waals surface area contributed by atoms with Gasteiger partial charge in [0.05, 0.1) is 16.4 Å². The largest absolute Gasteiger partial charge is 0.476 e. The number of carbonyl (C=O) groups excluding carboxylic acids is 1. The van der Waals surface area contributed by atoms with Gasteiger partial charge in [-0.3, -0.25) is 4.79 Å². The molecule has 0 radical (unpaired) electrons. The van der Waals surface area contributed by atoms with Crippen LogP contribution in [0.5, 0.6) is 0 Å². The lowest BCUT2D eigenvalue weighted by Crippen LogP contribution is -2.14. The summed E-state index contributed by atoms with van der Waals surface area (Å²) in [5, 5.41) is 13.4. The topological polar surface area (TPSA) is 124 Å². The van der Waals surface area contributed by atoms with E-state index in [2.05, 4.69) is 5.10 Å². The summed E-state index contributed by atoms with van der Waals surface area (Å²) in [7, 11) is 0. The van der Waals surface area contributed by atoms with E-state index in [9.17, 15) is 14.7 Å². The second kappa shape index (κ2) is 5.45. The number of hydrogen-bond donors (Lipinski definition) is 3. The number of aromatic carboxylic acids is 1. The molecule has 0 bridgehead atoms. The van der Waals surface area contributed by atoms with Crippen molar-refractivity contribution < 1.29 is 14.7 Å². The number of aromatic nitrogens is 2. The Labute approximate surface area is 125 Å². The molecule has 1 heterocycles. The Morgan fingerprint density at radius 3 is 2.57 bits per heavy atom. The Morgan fingerprint density at radius 1 is 1.43 bits per heavy atom. The molecule has 8 heteroatoms. The number of rotatable bonds is 4. The fourth-order valence-electron chi connectivity index (χ4n) is 1.93. The number of halogens is 1. The lowest BCUT2D eigenvalue weighted by atomic mass is 10.1. The van der Waals surface area contributed by atoms with Gasteiger partial charge in [0.25, 0.3) is 5.91 Å². The standard InChI is InChI=1S/C13H13ClN4O3/c1-2-6-3-4-8(7(14)5-6)18-11(13(20)21)9(15)10(17-18)12(16)19/h3-5H,2,15H2,1H3,(H2,16,19)(H,20,21). The van der Waals surface area contributed by atoms with Crippen LogP contribution in [0.3, 0.4) is 0 Å². The van der Waals surface area contributed by atoms with Crippen LogP contribution in [0, 0.1) is 0 Å². The maximum atomic E-state index is 11.4. The van der Waals surface area contributed by atoms with E-state index in [4.69, 9.17) is 23.1 Å². The second-order valence-corrected chi connectivity index (χ2v) is 4.74. The summed E-state index contributed by atoms with van der Waals surface area (Å²) in [4.78, 5) is 22.6. The smallest absolute Gasteiger partial charge is 0.356 e. The van der Waals surface area contributed by atoms with Crippen LogP contribution in [-0.4, -0.2) is 26.8 Å². The average molecular weight is 309 g/mol. The zero-order chi connectivity index (χ0) is 15.7. The maximum Gasteiger partial charge on any atom is 0.356 e. The van der Waals surface area contributed by atoms with Gasteiger partial charge >= 0.3 is 5.97 Å². The van der Waals surface area contributed by atoms with Crippen LogP contribution in [0.1, 0.15) is 33.5 Å². The Balaban J connectivity index is 2.71. The molecular formula is C13H13ClN4O3. The predicted octanol–water partition coefficient (Wildman–Crippen LogP) is 1.47. The Morgan fingerprint density at radius 2 is 2.10 bits per heavy atom. The van der Waals surface area contributed by atoms with Gasteiger partial charge < -0.3 is 16.6 Å². The van der Waals surface area contributed by atoms with Crippen molar-refractivity contribution in [1.82, 2.24) is 9.78 Å². The molecule has 21 heavy (non-hydrogen) atoms. The van der Waals surface area contributed by atoms with Gasteiger partial charge in [-0.25, -0.2) is 9.48 Å². The molecule has 5 N–H and O–H groups in total. The Kier molecular flexibility index (Phi) is 3.86. The summed E-state index contributed by atoms with van der Waals surface area (Å²) in [6.45, 7) is 1.96. The first kappa shape index (κ1) is 14.9. The Bertz CT molecular complexity index is 739. The summed E-state index contributed by atoms with van der Waals surface area (Å²) < 4.78 is 1.01. The molecule has 0 fully saturated rings. The van der Waals surface area contributed by atoms with Gasteiger partial charge in [-0.05, 0) is 24.1 Å². The third-order valence-electron chi connectivity index (χ3n) is 3.01. The molecule has 0 aliphatic heterocycles. The van der Waals surface area contributed by atoms with Crippen molar-refractivity contribution >= 4 is 29.2 Å². The van der Waals surface area contributed by atoms with Crippen LogP contribution in [0.15, 0.2) is 18.2 Å². The summed E-state index contributed by atoms with van der Waals surface area (Å²) in [6, 6.07) is 5.10. The van der Waals surface area contributed by atoms with Crippen LogP contribution in [0.2, 0.25) is 5.02 Å². The number of benzene rings is 1. The predicted molar refractivity (Wildman–Crippen MR) is 77.8 cm³/mol. The van der Waals surface area contributed by atoms with Crippen molar-refractivity contribution in [2.75, 3.05) is 5.73 Å². The number of nitrogens with zero attached hydrogens (tertiary/aromatic N) is 2. The van der Waals surface area contributed by atoms with E-state index in [0.29, 0.717) is 10.7 Å². The molecular weight excluding hydrogens is 296 g/mol. The third kappa shape index (κ3) is 2.55. The van der Waals surface area contributed by atoms with Gasteiger partial charge in [0.15, 0.2) is 11.4 Å². The molecule has 0 aliphatic rings. The van der Waals surface area contributed by atoms with Crippen LogP contribution in [0.4, 0.5) is 5.69 Å². The fourth-order valence-corrected chi connectivity index (χ4v) is 2.22. The number of carboxylic acid groups (broad SMARTS) is 1. The van der Waals surface area contributed by atoms with Gasteiger partial charge in [0.2, 0.25) is 0 Å². The summed E-state index contributed by atoms with van der Waals surface area (Å²) >= 11 is 6.15. The zero-order valence-corrected chi connectivity index (χ0v) is 11.9. The maximum absolute atomic E-state index is 11.4. The number of nitrogens with two attached hydrogens (primary N) is 2. The van der Waals surface area contributed by atoms with Crippen molar-refractivity contribution in [1.29, 1.82) is 0 Å².